The lowest BCUT2D eigenvalue weighted by atomic mass is 10.2. The maximum absolute atomic E-state index is 13.4. The van der Waals surface area contributed by atoms with Gasteiger partial charge in [-0.25, -0.2) is 4.39 Å². The van der Waals surface area contributed by atoms with E-state index in [0.29, 0.717) is 17.4 Å². The summed E-state index contributed by atoms with van der Waals surface area (Å²) < 4.78 is 21.1. The Morgan fingerprint density at radius 2 is 2.19 bits per heavy atom. The molecule has 1 heterocycles. The molecule has 1 aliphatic rings. The predicted molar refractivity (Wildman–Crippen MR) is 81.3 cm³/mol. The number of aromatic nitrogens is 1. The summed E-state index contributed by atoms with van der Waals surface area (Å²) in [7, 11) is 1.39. The number of benzene rings is 1. The van der Waals surface area contributed by atoms with E-state index in [0.717, 1.165) is 17.3 Å². The molecule has 0 radical (unpaired) electrons. The van der Waals surface area contributed by atoms with Crippen LogP contribution < -0.4 is 10.1 Å². The molecule has 0 unspecified atom stereocenters. The van der Waals surface area contributed by atoms with E-state index in [1.807, 2.05) is 10.8 Å². The molecule has 21 heavy (non-hydrogen) atoms. The molecule has 1 aromatic heterocycles. The molecule has 3 rings (SSSR count). The monoisotopic (exact) mass is 352 g/mol. The lowest BCUT2D eigenvalue weighted by molar-refractivity contribution is 0.101. The van der Waals surface area contributed by atoms with Gasteiger partial charge in [0.15, 0.2) is 11.6 Å². The van der Waals surface area contributed by atoms with E-state index in [1.165, 1.54) is 25.3 Å². The molecule has 6 heteroatoms. The number of nitrogens with one attached hydrogen (secondary N) is 1. The molecule has 1 N–H and O–H groups in total. The predicted octanol–water partition coefficient (Wildman–Crippen LogP) is 3.99. The summed E-state index contributed by atoms with van der Waals surface area (Å²) in [5, 5.41) is 2.77. The van der Waals surface area contributed by atoms with Crippen LogP contribution in [-0.4, -0.2) is 17.6 Å². The third-order valence-corrected chi connectivity index (χ3v) is 3.83. The second kappa shape index (κ2) is 5.52. The maximum Gasteiger partial charge on any atom is 0.272 e. The van der Waals surface area contributed by atoms with Gasteiger partial charge in [0.1, 0.15) is 5.69 Å². The number of hydrogen-bond donors (Lipinski definition) is 1. The summed E-state index contributed by atoms with van der Waals surface area (Å²) in [6.07, 6.45) is 4.09. The molecule has 1 amide bonds. The largest absolute Gasteiger partial charge is 0.494 e. The topological polar surface area (TPSA) is 43.3 Å². The van der Waals surface area contributed by atoms with Crippen LogP contribution in [0.3, 0.4) is 0 Å². The highest BCUT2D eigenvalue weighted by atomic mass is 79.9. The van der Waals surface area contributed by atoms with Gasteiger partial charge in [-0.1, -0.05) is 0 Å². The number of anilines is 1. The summed E-state index contributed by atoms with van der Waals surface area (Å²) in [6.45, 7) is 0. The van der Waals surface area contributed by atoms with Crippen LogP contribution in [0.25, 0.3) is 0 Å². The fraction of sp³-hybridized carbons (Fsp3) is 0.267. The van der Waals surface area contributed by atoms with Gasteiger partial charge in [-0.05, 0) is 47.0 Å². The fourth-order valence-electron chi connectivity index (χ4n) is 2.22. The highest BCUT2D eigenvalue weighted by molar-refractivity contribution is 9.10. The molecule has 0 saturated heterocycles. The number of methoxy groups -OCH3 is 1. The van der Waals surface area contributed by atoms with Crippen LogP contribution in [0.5, 0.6) is 5.75 Å². The zero-order chi connectivity index (χ0) is 15.0. The molecular weight excluding hydrogens is 339 g/mol. The molecule has 4 nitrogen and oxygen atoms in total. The van der Waals surface area contributed by atoms with E-state index in [1.54, 1.807) is 6.07 Å². The third-order valence-electron chi connectivity index (χ3n) is 3.40. The molecule has 2 aromatic rings. The second-order valence-corrected chi connectivity index (χ2v) is 5.90. The lowest BCUT2D eigenvalue weighted by Crippen LogP contribution is -2.16. The number of amides is 1. The molecule has 0 aliphatic heterocycles. The van der Waals surface area contributed by atoms with Crippen LogP contribution in [0.2, 0.25) is 0 Å². The quantitative estimate of drug-likeness (QED) is 0.903. The van der Waals surface area contributed by atoms with Crippen molar-refractivity contribution in [1.29, 1.82) is 0 Å². The maximum atomic E-state index is 13.4. The van der Waals surface area contributed by atoms with E-state index in [9.17, 15) is 9.18 Å². The van der Waals surface area contributed by atoms with Crippen molar-refractivity contribution in [3.8, 4) is 5.75 Å². The highest BCUT2D eigenvalue weighted by Crippen LogP contribution is 2.37. The van der Waals surface area contributed by atoms with Crippen molar-refractivity contribution in [1.82, 2.24) is 4.57 Å². The first-order valence-corrected chi connectivity index (χ1v) is 7.40. The zero-order valence-corrected chi connectivity index (χ0v) is 13.0. The molecule has 1 fully saturated rings. The number of carbonyl (C=O) groups excluding carboxylic acids is 1. The van der Waals surface area contributed by atoms with Gasteiger partial charge in [-0.15, -0.1) is 0 Å². The van der Waals surface area contributed by atoms with Gasteiger partial charge in [-0.2, -0.15) is 0 Å². The van der Waals surface area contributed by atoms with Crippen molar-refractivity contribution in [2.45, 2.75) is 18.9 Å². The average Bonchev–Trinajstić information content (AvgIpc) is 3.23. The van der Waals surface area contributed by atoms with Gasteiger partial charge in [0, 0.05) is 28.5 Å². The van der Waals surface area contributed by atoms with Crippen LogP contribution in [0, 0.1) is 5.82 Å². The number of nitrogens with zero attached hydrogens (tertiary/aromatic N) is 1. The van der Waals surface area contributed by atoms with Gasteiger partial charge in [0.2, 0.25) is 0 Å². The Morgan fingerprint density at radius 3 is 2.86 bits per heavy atom. The molecule has 1 aliphatic carbocycles. The lowest BCUT2D eigenvalue weighted by Gasteiger charge is -2.10. The van der Waals surface area contributed by atoms with Gasteiger partial charge in [-0.3, -0.25) is 4.79 Å². The zero-order valence-electron chi connectivity index (χ0n) is 11.4. The van der Waals surface area contributed by atoms with E-state index >= 15 is 0 Å². The molecular formula is C15H14BrFN2O2. The van der Waals surface area contributed by atoms with Crippen molar-refractivity contribution in [3.05, 3.63) is 46.4 Å². The molecule has 0 atom stereocenters. The van der Waals surface area contributed by atoms with Crippen molar-refractivity contribution in [3.63, 3.8) is 0 Å². The Morgan fingerprint density at radius 1 is 1.43 bits per heavy atom. The summed E-state index contributed by atoms with van der Waals surface area (Å²) in [5.74, 6) is -0.576. The summed E-state index contributed by atoms with van der Waals surface area (Å²) in [4.78, 5) is 12.4. The molecule has 110 valence electrons. The minimum atomic E-state index is -0.459. The van der Waals surface area contributed by atoms with Gasteiger partial charge < -0.3 is 14.6 Å². The van der Waals surface area contributed by atoms with Gasteiger partial charge >= 0.3 is 0 Å². The average molecular weight is 353 g/mol. The van der Waals surface area contributed by atoms with Crippen molar-refractivity contribution < 1.29 is 13.9 Å². The molecule has 1 aromatic carbocycles. The Kier molecular flexibility index (Phi) is 3.71. The third kappa shape index (κ3) is 2.95. The standard InChI is InChI=1S/C15H14BrFN2O2/c1-21-14-7-10(2-5-12(14)17)18-15(20)13-6-9(16)8-19(13)11-3-4-11/h2,5-8,11H,3-4H2,1H3,(H,18,20). The minimum absolute atomic E-state index is 0.103. The summed E-state index contributed by atoms with van der Waals surface area (Å²) in [6, 6.07) is 6.43. The van der Waals surface area contributed by atoms with E-state index < -0.39 is 5.82 Å². The van der Waals surface area contributed by atoms with Crippen LogP contribution in [0.4, 0.5) is 10.1 Å². The van der Waals surface area contributed by atoms with Crippen LogP contribution in [-0.2, 0) is 0 Å². The fourth-order valence-corrected chi connectivity index (χ4v) is 2.65. The van der Waals surface area contributed by atoms with Crippen LogP contribution in [0.1, 0.15) is 29.4 Å². The molecule has 0 bridgehead atoms. The Balaban J connectivity index is 1.83. The number of halogens is 2. The van der Waals surface area contributed by atoms with E-state index in [2.05, 4.69) is 21.2 Å². The van der Waals surface area contributed by atoms with Crippen molar-refractivity contribution in [2.24, 2.45) is 0 Å². The normalized spacial score (nSPS) is 14.0. The number of ether oxygens (including phenoxy) is 1. The molecule has 0 spiro atoms. The van der Waals surface area contributed by atoms with E-state index in [4.69, 9.17) is 4.74 Å². The number of carbonyl (C=O) groups is 1. The summed E-state index contributed by atoms with van der Waals surface area (Å²) >= 11 is 3.39. The number of rotatable bonds is 4. The van der Waals surface area contributed by atoms with Crippen molar-refractivity contribution >= 4 is 27.5 Å². The number of hydrogen-bond acceptors (Lipinski definition) is 2. The Hall–Kier alpha value is -1.82. The minimum Gasteiger partial charge on any atom is -0.494 e. The van der Waals surface area contributed by atoms with Gasteiger partial charge in [0.05, 0.1) is 7.11 Å². The highest BCUT2D eigenvalue weighted by Gasteiger charge is 2.27. The van der Waals surface area contributed by atoms with E-state index in [-0.39, 0.29) is 11.7 Å². The Bertz CT molecular complexity index is 695. The van der Waals surface area contributed by atoms with Crippen LogP contribution >= 0.6 is 15.9 Å². The van der Waals surface area contributed by atoms with Crippen LogP contribution in [0.15, 0.2) is 34.9 Å². The van der Waals surface area contributed by atoms with Gasteiger partial charge in [0.25, 0.3) is 5.91 Å². The SMILES string of the molecule is COc1cc(NC(=O)c2cc(Br)cn2C2CC2)ccc1F. The second-order valence-electron chi connectivity index (χ2n) is 4.99. The first kappa shape index (κ1) is 14.1. The Labute approximate surface area is 130 Å². The first-order valence-electron chi connectivity index (χ1n) is 6.61. The summed E-state index contributed by atoms with van der Waals surface area (Å²) in [5.41, 5.74) is 1.09. The molecule has 1 saturated carbocycles. The smallest absolute Gasteiger partial charge is 0.272 e. The van der Waals surface area contributed by atoms with Crippen molar-refractivity contribution in [2.75, 3.05) is 12.4 Å². The first-order chi connectivity index (χ1) is 10.1.